The van der Waals surface area contributed by atoms with Gasteiger partial charge in [0, 0.05) is 12.6 Å². The second-order valence-corrected chi connectivity index (χ2v) is 6.11. The van der Waals surface area contributed by atoms with E-state index < -0.39 is 6.10 Å². The zero-order valence-corrected chi connectivity index (χ0v) is 13.5. The van der Waals surface area contributed by atoms with E-state index in [1.807, 2.05) is 19.9 Å². The van der Waals surface area contributed by atoms with E-state index in [1.165, 1.54) is 12.1 Å². The Kier molecular flexibility index (Phi) is 7.86. The highest BCUT2D eigenvalue weighted by Crippen LogP contribution is 2.13. The van der Waals surface area contributed by atoms with E-state index in [2.05, 4.69) is 19.2 Å². The van der Waals surface area contributed by atoms with Crippen LogP contribution in [-0.4, -0.2) is 30.5 Å². The highest BCUT2D eigenvalue weighted by molar-refractivity contribution is 5.19. The molecule has 3 nitrogen and oxygen atoms in total. The molecule has 0 heterocycles. The normalized spacial score (nSPS) is 16.0. The molecule has 0 aromatic heterocycles. The third-order valence-corrected chi connectivity index (χ3v) is 3.38. The summed E-state index contributed by atoms with van der Waals surface area (Å²) >= 11 is 0. The van der Waals surface area contributed by atoms with Gasteiger partial charge in [0.2, 0.25) is 0 Å². The summed E-state index contributed by atoms with van der Waals surface area (Å²) in [5.41, 5.74) is 0.872. The molecule has 2 unspecified atom stereocenters. The predicted molar refractivity (Wildman–Crippen MR) is 83.7 cm³/mol. The van der Waals surface area contributed by atoms with Crippen molar-refractivity contribution < 1.29 is 14.2 Å². The van der Waals surface area contributed by atoms with Crippen LogP contribution in [0.2, 0.25) is 0 Å². The Morgan fingerprint density at radius 1 is 1.24 bits per heavy atom. The molecule has 0 amide bonds. The Hall–Kier alpha value is -0.970. The summed E-state index contributed by atoms with van der Waals surface area (Å²) in [6.45, 7) is 9.01. The average Bonchev–Trinajstić information content (AvgIpc) is 2.41. The molecule has 0 fully saturated rings. The number of nitrogens with one attached hydrogen (secondary N) is 1. The summed E-state index contributed by atoms with van der Waals surface area (Å²) < 4.78 is 18.8. The fraction of sp³-hybridized carbons (Fsp3) is 0.647. The van der Waals surface area contributed by atoms with Crippen LogP contribution in [0.4, 0.5) is 4.39 Å². The van der Waals surface area contributed by atoms with Gasteiger partial charge >= 0.3 is 0 Å². The second kappa shape index (κ2) is 9.13. The van der Waals surface area contributed by atoms with Gasteiger partial charge in [0.25, 0.3) is 0 Å². The molecule has 0 spiro atoms. The second-order valence-electron chi connectivity index (χ2n) is 6.11. The maximum atomic E-state index is 13.1. The van der Waals surface area contributed by atoms with Crippen molar-refractivity contribution in [3.8, 4) is 0 Å². The third kappa shape index (κ3) is 7.55. The van der Waals surface area contributed by atoms with Crippen molar-refractivity contribution in [3.63, 3.8) is 0 Å². The molecule has 120 valence electrons. The molecule has 2 N–H and O–H groups in total. The van der Waals surface area contributed by atoms with Gasteiger partial charge in [0.05, 0.1) is 18.8 Å². The number of aliphatic hydroxyl groups is 1. The molecule has 1 aromatic carbocycles. The van der Waals surface area contributed by atoms with E-state index in [0.29, 0.717) is 19.1 Å². The van der Waals surface area contributed by atoms with Gasteiger partial charge in [-0.05, 0) is 43.9 Å². The molecule has 0 aliphatic rings. The van der Waals surface area contributed by atoms with E-state index in [9.17, 15) is 9.50 Å². The predicted octanol–water partition coefficient (Wildman–Crippen LogP) is 3.29. The Labute approximate surface area is 127 Å². The first kappa shape index (κ1) is 18.1. The Bertz CT molecular complexity index is 412. The molecule has 1 aromatic rings. The minimum atomic E-state index is -0.560. The molecule has 0 aliphatic heterocycles. The first-order valence-corrected chi connectivity index (χ1v) is 7.67. The van der Waals surface area contributed by atoms with Crippen LogP contribution >= 0.6 is 0 Å². The smallest absolute Gasteiger partial charge is 0.123 e. The van der Waals surface area contributed by atoms with Crippen LogP contribution in [0.25, 0.3) is 0 Å². The fourth-order valence-electron chi connectivity index (χ4n) is 2.27. The number of halogens is 1. The van der Waals surface area contributed by atoms with Crippen molar-refractivity contribution in [3.05, 3.63) is 35.6 Å². The number of benzene rings is 1. The number of rotatable bonds is 9. The summed E-state index contributed by atoms with van der Waals surface area (Å²) in [6, 6.07) is 6.48. The van der Waals surface area contributed by atoms with Crippen LogP contribution in [0.3, 0.4) is 0 Å². The fourth-order valence-corrected chi connectivity index (χ4v) is 2.27. The van der Waals surface area contributed by atoms with Crippen molar-refractivity contribution in [2.75, 3.05) is 13.2 Å². The van der Waals surface area contributed by atoms with Gasteiger partial charge < -0.3 is 15.2 Å². The highest BCUT2D eigenvalue weighted by Gasteiger charge is 2.12. The van der Waals surface area contributed by atoms with Crippen LogP contribution in [0, 0.1) is 11.7 Å². The van der Waals surface area contributed by atoms with E-state index in [-0.39, 0.29) is 18.0 Å². The zero-order valence-electron chi connectivity index (χ0n) is 13.5. The molecule has 1 rings (SSSR count). The third-order valence-electron chi connectivity index (χ3n) is 3.38. The van der Waals surface area contributed by atoms with Gasteiger partial charge in [0.15, 0.2) is 0 Å². The molecule has 0 bridgehead atoms. The quantitative estimate of drug-likeness (QED) is 0.735. The zero-order chi connectivity index (χ0) is 15.8. The lowest BCUT2D eigenvalue weighted by Gasteiger charge is -2.20. The van der Waals surface area contributed by atoms with Crippen LogP contribution < -0.4 is 5.32 Å². The van der Waals surface area contributed by atoms with Crippen molar-refractivity contribution >= 4 is 0 Å². The lowest BCUT2D eigenvalue weighted by Crippen LogP contribution is -2.33. The van der Waals surface area contributed by atoms with Crippen molar-refractivity contribution in [1.82, 2.24) is 5.32 Å². The van der Waals surface area contributed by atoms with Gasteiger partial charge in [-0.25, -0.2) is 4.39 Å². The molecule has 21 heavy (non-hydrogen) atoms. The van der Waals surface area contributed by atoms with E-state index in [4.69, 9.17) is 4.74 Å². The van der Waals surface area contributed by atoms with Gasteiger partial charge in [-0.1, -0.05) is 26.0 Å². The van der Waals surface area contributed by atoms with Crippen LogP contribution in [-0.2, 0) is 4.74 Å². The van der Waals surface area contributed by atoms with Gasteiger partial charge in [-0.3, -0.25) is 0 Å². The largest absolute Gasteiger partial charge is 0.389 e. The Morgan fingerprint density at radius 2 is 1.95 bits per heavy atom. The lowest BCUT2D eigenvalue weighted by molar-refractivity contribution is -0.00914. The Balaban J connectivity index is 2.27. The number of hydrogen-bond donors (Lipinski definition) is 2. The molecule has 0 saturated heterocycles. The van der Waals surface area contributed by atoms with Crippen molar-refractivity contribution in [2.24, 2.45) is 5.92 Å². The molecule has 3 atom stereocenters. The molecular formula is C17H28FNO2. The number of ether oxygens (including phenoxy) is 1. The molecular weight excluding hydrogens is 269 g/mol. The van der Waals surface area contributed by atoms with Crippen LogP contribution in [0.5, 0.6) is 0 Å². The van der Waals surface area contributed by atoms with E-state index in [1.54, 1.807) is 6.07 Å². The maximum absolute atomic E-state index is 13.1. The van der Waals surface area contributed by atoms with Gasteiger partial charge in [-0.15, -0.1) is 0 Å². The molecule has 4 heteroatoms. The highest BCUT2D eigenvalue weighted by atomic mass is 19.1. The molecule has 0 radical (unpaired) electrons. The van der Waals surface area contributed by atoms with Crippen LogP contribution in [0.15, 0.2) is 24.3 Å². The molecule has 0 saturated carbocycles. The molecule has 0 aliphatic carbocycles. The lowest BCUT2D eigenvalue weighted by atomic mass is 10.1. The average molecular weight is 297 g/mol. The standard InChI is InChI=1S/C17H28FNO2/c1-12(2)8-13(3)21-11-17(20)10-19-14(4)15-6-5-7-16(18)9-15/h5-7,9,12-14,17,19-20H,8,10-11H2,1-4H3/t13?,14-,17?/m0/s1. The van der Waals surface area contributed by atoms with E-state index >= 15 is 0 Å². The summed E-state index contributed by atoms with van der Waals surface area (Å²) in [6.07, 6.45) is 0.579. The summed E-state index contributed by atoms with van der Waals surface area (Å²) in [7, 11) is 0. The monoisotopic (exact) mass is 297 g/mol. The van der Waals surface area contributed by atoms with Crippen molar-refractivity contribution in [2.45, 2.75) is 52.4 Å². The summed E-state index contributed by atoms with van der Waals surface area (Å²) in [5.74, 6) is 0.343. The topological polar surface area (TPSA) is 41.5 Å². The summed E-state index contributed by atoms with van der Waals surface area (Å²) in [4.78, 5) is 0. The Morgan fingerprint density at radius 3 is 2.57 bits per heavy atom. The van der Waals surface area contributed by atoms with Crippen molar-refractivity contribution in [1.29, 1.82) is 0 Å². The number of aliphatic hydroxyl groups excluding tert-OH is 1. The summed E-state index contributed by atoms with van der Waals surface area (Å²) in [5, 5.41) is 13.1. The number of hydrogen-bond acceptors (Lipinski definition) is 3. The SMILES string of the molecule is CC(C)CC(C)OCC(O)CN[C@@H](C)c1cccc(F)c1. The maximum Gasteiger partial charge on any atom is 0.123 e. The van der Waals surface area contributed by atoms with Crippen LogP contribution in [0.1, 0.15) is 45.7 Å². The first-order valence-electron chi connectivity index (χ1n) is 7.67. The first-order chi connectivity index (χ1) is 9.88. The van der Waals surface area contributed by atoms with Gasteiger partial charge in [-0.2, -0.15) is 0 Å². The van der Waals surface area contributed by atoms with Gasteiger partial charge in [0.1, 0.15) is 5.82 Å². The van der Waals surface area contributed by atoms with E-state index in [0.717, 1.165) is 12.0 Å². The minimum Gasteiger partial charge on any atom is -0.389 e. The minimum absolute atomic E-state index is 0.0107.